The van der Waals surface area contributed by atoms with Gasteiger partial charge in [-0.05, 0) is 54.6 Å². The summed E-state index contributed by atoms with van der Waals surface area (Å²) >= 11 is 0. The van der Waals surface area contributed by atoms with E-state index in [1.807, 2.05) is 24.3 Å². The number of pyridine rings is 1. The molecule has 0 aliphatic rings. The molecule has 0 atom stereocenters. The number of hydrogen-bond acceptors (Lipinski definition) is 3. The molecule has 7 heteroatoms. The minimum atomic E-state index is -0.692. The Kier molecular flexibility index (Phi) is 5.09. The number of hydrogen-bond donors (Lipinski definition) is 3. The van der Waals surface area contributed by atoms with Gasteiger partial charge in [-0.1, -0.05) is 24.3 Å². The van der Waals surface area contributed by atoms with E-state index < -0.39 is 6.03 Å². The van der Waals surface area contributed by atoms with Crippen LogP contribution in [0.4, 0.5) is 20.6 Å². The summed E-state index contributed by atoms with van der Waals surface area (Å²) in [6, 6.07) is 20.9. The van der Waals surface area contributed by atoms with E-state index in [2.05, 4.69) is 15.6 Å². The lowest BCUT2D eigenvalue weighted by molar-refractivity contribution is 0.102. The van der Waals surface area contributed by atoms with Gasteiger partial charge in [0.25, 0.3) is 5.91 Å². The molecular formula is C23H17FN4O2. The molecule has 0 bridgehead atoms. The van der Waals surface area contributed by atoms with Gasteiger partial charge in [0.1, 0.15) is 5.82 Å². The summed E-state index contributed by atoms with van der Waals surface area (Å²) in [7, 11) is 0. The number of aromatic nitrogens is 1. The predicted molar refractivity (Wildman–Crippen MR) is 115 cm³/mol. The van der Waals surface area contributed by atoms with E-state index in [4.69, 9.17) is 5.73 Å². The first-order valence-corrected chi connectivity index (χ1v) is 9.13. The molecule has 0 aliphatic carbocycles. The third kappa shape index (κ3) is 4.10. The average Bonchev–Trinajstić information content (AvgIpc) is 2.73. The fraction of sp³-hybridized carbons (Fsp3) is 0. The highest BCUT2D eigenvalue weighted by atomic mass is 19.1. The standard InChI is InChI=1S/C23H17FN4O2/c24-15-10-8-14(9-11-15)21-13-19(18-6-1-2-7-20(18)28-21)22(29)26-16-4-3-5-17(12-16)27-23(25)30/h1-13H,(H,26,29)(H3,25,27,30). The predicted octanol–water partition coefficient (Wildman–Crippen LogP) is 4.78. The van der Waals surface area contributed by atoms with Crippen LogP contribution in [-0.2, 0) is 0 Å². The fourth-order valence-corrected chi connectivity index (χ4v) is 3.15. The fourth-order valence-electron chi connectivity index (χ4n) is 3.15. The molecule has 0 unspecified atom stereocenters. The molecule has 3 amide bonds. The third-order valence-corrected chi connectivity index (χ3v) is 4.49. The van der Waals surface area contributed by atoms with Crippen LogP contribution in [0.15, 0.2) is 78.9 Å². The van der Waals surface area contributed by atoms with Crippen molar-refractivity contribution in [1.82, 2.24) is 4.98 Å². The third-order valence-electron chi connectivity index (χ3n) is 4.49. The Hall–Kier alpha value is -4.26. The van der Waals surface area contributed by atoms with Gasteiger partial charge in [-0.25, -0.2) is 14.2 Å². The molecule has 3 aromatic carbocycles. The van der Waals surface area contributed by atoms with Gasteiger partial charge in [0.15, 0.2) is 0 Å². The van der Waals surface area contributed by atoms with E-state index in [0.717, 1.165) is 0 Å². The second kappa shape index (κ2) is 8.00. The highest BCUT2D eigenvalue weighted by Crippen LogP contribution is 2.26. The van der Waals surface area contributed by atoms with Crippen LogP contribution >= 0.6 is 0 Å². The summed E-state index contributed by atoms with van der Waals surface area (Å²) in [6.07, 6.45) is 0. The zero-order valence-electron chi connectivity index (χ0n) is 15.7. The number of nitrogens with zero attached hydrogens (tertiary/aromatic N) is 1. The number of para-hydroxylation sites is 1. The smallest absolute Gasteiger partial charge is 0.316 e. The lowest BCUT2D eigenvalue weighted by Gasteiger charge is -2.11. The van der Waals surface area contributed by atoms with Crippen molar-refractivity contribution in [1.29, 1.82) is 0 Å². The minimum Gasteiger partial charge on any atom is -0.351 e. The largest absolute Gasteiger partial charge is 0.351 e. The molecule has 0 fully saturated rings. The lowest BCUT2D eigenvalue weighted by atomic mass is 10.0. The quantitative estimate of drug-likeness (QED) is 0.460. The van der Waals surface area contributed by atoms with Crippen molar-refractivity contribution in [3.63, 3.8) is 0 Å². The van der Waals surface area contributed by atoms with Crippen molar-refractivity contribution in [3.8, 4) is 11.3 Å². The Bertz CT molecular complexity index is 1260. The number of anilines is 2. The van der Waals surface area contributed by atoms with E-state index in [-0.39, 0.29) is 11.7 Å². The van der Waals surface area contributed by atoms with E-state index >= 15 is 0 Å². The van der Waals surface area contributed by atoms with Crippen LogP contribution in [0.5, 0.6) is 0 Å². The molecule has 4 aromatic rings. The number of fused-ring (bicyclic) bond motifs is 1. The van der Waals surface area contributed by atoms with Crippen molar-refractivity contribution in [3.05, 3.63) is 90.2 Å². The maximum atomic E-state index is 13.3. The Labute approximate surface area is 171 Å². The van der Waals surface area contributed by atoms with Crippen molar-refractivity contribution in [2.45, 2.75) is 0 Å². The number of nitrogens with two attached hydrogens (primary N) is 1. The van der Waals surface area contributed by atoms with E-state index in [1.165, 1.54) is 12.1 Å². The molecule has 6 nitrogen and oxygen atoms in total. The number of carbonyl (C=O) groups excluding carboxylic acids is 2. The summed E-state index contributed by atoms with van der Waals surface area (Å²) < 4.78 is 13.3. The first kappa shape index (κ1) is 19.1. The number of rotatable bonds is 4. The molecule has 0 spiro atoms. The Balaban J connectivity index is 1.73. The molecule has 30 heavy (non-hydrogen) atoms. The Morgan fingerprint density at radius 3 is 2.27 bits per heavy atom. The van der Waals surface area contributed by atoms with E-state index in [1.54, 1.807) is 42.5 Å². The molecule has 0 saturated carbocycles. The number of primary amides is 1. The number of amides is 3. The number of halogens is 1. The van der Waals surface area contributed by atoms with Gasteiger partial charge in [-0.2, -0.15) is 0 Å². The molecule has 0 saturated heterocycles. The second-order valence-corrected chi connectivity index (χ2v) is 6.60. The summed E-state index contributed by atoms with van der Waals surface area (Å²) in [4.78, 5) is 28.8. The van der Waals surface area contributed by atoms with Crippen molar-refractivity contribution >= 4 is 34.2 Å². The molecule has 0 aliphatic heterocycles. The molecular weight excluding hydrogens is 383 g/mol. The van der Waals surface area contributed by atoms with Crippen LogP contribution < -0.4 is 16.4 Å². The lowest BCUT2D eigenvalue weighted by Crippen LogP contribution is -2.19. The Morgan fingerprint density at radius 1 is 0.833 bits per heavy atom. The first-order valence-electron chi connectivity index (χ1n) is 9.13. The molecule has 4 N–H and O–H groups in total. The highest BCUT2D eigenvalue weighted by Gasteiger charge is 2.14. The van der Waals surface area contributed by atoms with Crippen molar-refractivity contribution in [2.75, 3.05) is 10.6 Å². The molecule has 1 heterocycles. The topological polar surface area (TPSA) is 97.1 Å². The molecule has 1 aromatic heterocycles. The van der Waals surface area contributed by atoms with Crippen LogP contribution in [0, 0.1) is 5.82 Å². The number of nitrogens with one attached hydrogen (secondary N) is 2. The molecule has 4 rings (SSSR count). The van der Waals surface area contributed by atoms with Crippen LogP contribution in [0.25, 0.3) is 22.2 Å². The summed E-state index contributed by atoms with van der Waals surface area (Å²) in [5.41, 5.74) is 8.43. The van der Waals surface area contributed by atoms with Gasteiger partial charge in [0, 0.05) is 22.3 Å². The maximum absolute atomic E-state index is 13.3. The normalized spacial score (nSPS) is 10.6. The second-order valence-electron chi connectivity index (χ2n) is 6.60. The van der Waals surface area contributed by atoms with Gasteiger partial charge in [-0.3, -0.25) is 4.79 Å². The van der Waals surface area contributed by atoms with Crippen LogP contribution in [0.3, 0.4) is 0 Å². The number of urea groups is 1. The van der Waals surface area contributed by atoms with Gasteiger partial charge < -0.3 is 16.4 Å². The Morgan fingerprint density at radius 2 is 1.53 bits per heavy atom. The first-order chi connectivity index (χ1) is 14.5. The van der Waals surface area contributed by atoms with Gasteiger partial charge in [0.2, 0.25) is 0 Å². The van der Waals surface area contributed by atoms with Gasteiger partial charge >= 0.3 is 6.03 Å². The highest BCUT2D eigenvalue weighted by molar-refractivity contribution is 6.13. The van der Waals surface area contributed by atoms with Gasteiger partial charge in [-0.15, -0.1) is 0 Å². The molecule has 0 radical (unpaired) electrons. The van der Waals surface area contributed by atoms with Crippen molar-refractivity contribution in [2.24, 2.45) is 5.73 Å². The van der Waals surface area contributed by atoms with E-state index in [9.17, 15) is 14.0 Å². The molecule has 148 valence electrons. The van der Waals surface area contributed by atoms with Crippen LogP contribution in [0.2, 0.25) is 0 Å². The number of carbonyl (C=O) groups is 2. The average molecular weight is 400 g/mol. The number of benzene rings is 3. The minimum absolute atomic E-state index is 0.340. The maximum Gasteiger partial charge on any atom is 0.316 e. The van der Waals surface area contributed by atoms with E-state index in [0.29, 0.717) is 39.1 Å². The van der Waals surface area contributed by atoms with Gasteiger partial charge in [0.05, 0.1) is 16.8 Å². The zero-order chi connectivity index (χ0) is 21.1. The monoisotopic (exact) mass is 400 g/mol. The zero-order valence-corrected chi connectivity index (χ0v) is 15.7. The summed E-state index contributed by atoms with van der Waals surface area (Å²) in [6.45, 7) is 0. The van der Waals surface area contributed by atoms with Crippen molar-refractivity contribution < 1.29 is 14.0 Å². The van der Waals surface area contributed by atoms with Crippen LogP contribution in [-0.4, -0.2) is 16.9 Å². The van der Waals surface area contributed by atoms with Crippen LogP contribution in [0.1, 0.15) is 10.4 Å². The summed E-state index contributed by atoms with van der Waals surface area (Å²) in [5, 5.41) is 5.99. The SMILES string of the molecule is NC(=O)Nc1cccc(NC(=O)c2cc(-c3ccc(F)cc3)nc3ccccc23)c1. The summed E-state index contributed by atoms with van der Waals surface area (Å²) in [5.74, 6) is -0.685.